The molecule has 14 heavy (non-hydrogen) atoms. The first-order valence-corrected chi connectivity index (χ1v) is 5.82. The summed E-state index contributed by atoms with van der Waals surface area (Å²) in [6.45, 7) is 2.72. The fraction of sp³-hybridized carbons (Fsp3) is 0.875. The van der Waals surface area contributed by atoms with Crippen LogP contribution in [0.15, 0.2) is 0 Å². The number of hydrogen-bond donors (Lipinski definition) is 2. The van der Waals surface area contributed by atoms with Crippen molar-refractivity contribution in [2.24, 2.45) is 0 Å². The average Bonchev–Trinajstić information content (AvgIpc) is 2.14. The number of quaternary nitrogens is 1. The van der Waals surface area contributed by atoms with Crippen LogP contribution in [0, 0.1) is 0 Å². The van der Waals surface area contributed by atoms with Gasteiger partial charge >= 0.3 is 0 Å². The van der Waals surface area contributed by atoms with Crippen LogP contribution in [0.1, 0.15) is 19.3 Å². The first kappa shape index (κ1) is 12.4. The van der Waals surface area contributed by atoms with E-state index in [-0.39, 0.29) is 0 Å². The van der Waals surface area contributed by atoms with Gasteiger partial charge in [0.15, 0.2) is 6.67 Å². The highest BCUT2D eigenvalue weighted by Gasteiger charge is 2.31. The van der Waals surface area contributed by atoms with Gasteiger partial charge in [0.1, 0.15) is 0 Å². The maximum atomic E-state index is 11.2. The predicted octanol–water partition coefficient (Wildman–Crippen LogP) is 0.499. The molecule has 0 bridgehead atoms. The lowest BCUT2D eigenvalue weighted by Gasteiger charge is -2.24. The van der Waals surface area contributed by atoms with Gasteiger partial charge in [0.25, 0.3) is 9.70 Å². The molecule has 6 heteroatoms. The summed E-state index contributed by atoms with van der Waals surface area (Å²) in [5, 5.41) is 2.62. The monoisotopic (exact) mass is 259 g/mol. The molecule has 0 aliphatic carbocycles. The minimum atomic E-state index is -1.84. The van der Waals surface area contributed by atoms with Crippen LogP contribution in [-0.2, 0) is 4.79 Å². The Hall–Kier alpha value is 0.300. The van der Waals surface area contributed by atoms with Gasteiger partial charge in [0, 0.05) is 0 Å². The lowest BCUT2D eigenvalue weighted by Crippen LogP contribution is -3.14. The third kappa shape index (κ3) is 4.22. The van der Waals surface area contributed by atoms with Crippen LogP contribution in [0.5, 0.6) is 0 Å². The zero-order valence-corrected chi connectivity index (χ0v) is 10.1. The summed E-state index contributed by atoms with van der Waals surface area (Å²) in [4.78, 5) is 12.5. The van der Waals surface area contributed by atoms with Crippen molar-refractivity contribution in [3.05, 3.63) is 0 Å². The number of likely N-dealkylation sites (tertiary alicyclic amines) is 1. The molecule has 1 rings (SSSR count). The minimum absolute atomic E-state index is 0.541. The van der Waals surface area contributed by atoms with Crippen LogP contribution in [0.3, 0.4) is 0 Å². The van der Waals surface area contributed by atoms with Gasteiger partial charge in [0.2, 0.25) is 0 Å². The van der Waals surface area contributed by atoms with Crippen molar-refractivity contribution < 1.29 is 9.69 Å². The van der Waals surface area contributed by atoms with Crippen molar-refractivity contribution >= 4 is 40.7 Å². The van der Waals surface area contributed by atoms with Crippen LogP contribution < -0.4 is 10.2 Å². The molecule has 1 aliphatic rings. The van der Waals surface area contributed by atoms with E-state index in [1.54, 1.807) is 0 Å². The lowest BCUT2D eigenvalue weighted by atomic mass is 10.1. The maximum absolute atomic E-state index is 11.2. The molecule has 0 saturated carbocycles. The highest BCUT2D eigenvalue weighted by atomic mass is 35.6. The second-order valence-corrected chi connectivity index (χ2v) is 5.77. The van der Waals surface area contributed by atoms with Gasteiger partial charge in [-0.3, -0.25) is 4.79 Å². The van der Waals surface area contributed by atoms with E-state index in [0.717, 1.165) is 13.1 Å². The fourth-order valence-corrected chi connectivity index (χ4v) is 1.73. The molecule has 0 aromatic rings. The second kappa shape index (κ2) is 5.40. The molecular formula is C8H14Cl3N2O+. The SMILES string of the molecule is O=C(NC[NH+]1CCCCC1)C(Cl)(Cl)Cl. The Labute approximate surface area is 98.7 Å². The Morgan fingerprint density at radius 2 is 1.79 bits per heavy atom. The van der Waals surface area contributed by atoms with Crippen molar-refractivity contribution in [3.63, 3.8) is 0 Å². The number of nitrogens with one attached hydrogen (secondary N) is 2. The zero-order chi connectivity index (χ0) is 10.6. The number of hydrogen-bond acceptors (Lipinski definition) is 1. The van der Waals surface area contributed by atoms with Crippen molar-refractivity contribution in [2.75, 3.05) is 19.8 Å². The number of halogens is 3. The Morgan fingerprint density at radius 3 is 2.29 bits per heavy atom. The summed E-state index contributed by atoms with van der Waals surface area (Å²) in [6.07, 6.45) is 3.69. The number of piperidine rings is 1. The summed E-state index contributed by atoms with van der Waals surface area (Å²) >= 11 is 16.2. The number of alkyl halides is 3. The van der Waals surface area contributed by atoms with Gasteiger partial charge < -0.3 is 10.2 Å². The molecule has 0 aromatic carbocycles. The zero-order valence-electron chi connectivity index (χ0n) is 7.78. The van der Waals surface area contributed by atoms with Gasteiger partial charge in [-0.2, -0.15) is 0 Å². The normalized spacial score (nSPS) is 19.4. The van der Waals surface area contributed by atoms with Crippen molar-refractivity contribution in [1.82, 2.24) is 5.32 Å². The summed E-state index contributed by atoms with van der Waals surface area (Å²) in [5.74, 6) is -0.541. The molecule has 1 saturated heterocycles. The quantitative estimate of drug-likeness (QED) is 0.697. The van der Waals surface area contributed by atoms with Gasteiger partial charge in [-0.15, -0.1) is 0 Å². The van der Waals surface area contributed by atoms with Crippen molar-refractivity contribution in [2.45, 2.75) is 23.1 Å². The summed E-state index contributed by atoms with van der Waals surface area (Å²) in [5.41, 5.74) is 0. The summed E-state index contributed by atoms with van der Waals surface area (Å²) in [6, 6.07) is 0. The van der Waals surface area contributed by atoms with Crippen molar-refractivity contribution in [1.29, 1.82) is 0 Å². The Balaban J connectivity index is 2.22. The molecule has 1 aliphatic heterocycles. The summed E-state index contributed by atoms with van der Waals surface area (Å²) < 4.78 is -1.84. The van der Waals surface area contributed by atoms with Gasteiger partial charge in [-0.1, -0.05) is 34.8 Å². The Bertz CT molecular complexity index is 199. The Morgan fingerprint density at radius 1 is 1.21 bits per heavy atom. The van der Waals surface area contributed by atoms with E-state index >= 15 is 0 Å². The van der Waals surface area contributed by atoms with Gasteiger partial charge in [0.05, 0.1) is 13.1 Å². The molecule has 0 atom stereocenters. The van der Waals surface area contributed by atoms with Gasteiger partial charge in [-0.05, 0) is 19.3 Å². The van der Waals surface area contributed by atoms with E-state index in [0.29, 0.717) is 6.67 Å². The predicted molar refractivity (Wildman–Crippen MR) is 57.8 cm³/mol. The average molecular weight is 261 g/mol. The second-order valence-electron chi connectivity index (χ2n) is 3.49. The summed E-state index contributed by atoms with van der Waals surface area (Å²) in [7, 11) is 0. The number of carbonyl (C=O) groups excluding carboxylic acids is 1. The highest BCUT2D eigenvalue weighted by molar-refractivity contribution is 6.76. The molecule has 2 N–H and O–H groups in total. The van der Waals surface area contributed by atoms with E-state index in [4.69, 9.17) is 34.8 Å². The largest absolute Gasteiger partial charge is 0.318 e. The van der Waals surface area contributed by atoms with E-state index in [9.17, 15) is 4.79 Å². The van der Waals surface area contributed by atoms with Crippen LogP contribution in [0.25, 0.3) is 0 Å². The lowest BCUT2D eigenvalue weighted by molar-refractivity contribution is -0.906. The first-order chi connectivity index (χ1) is 6.50. The van der Waals surface area contributed by atoms with Crippen LogP contribution >= 0.6 is 34.8 Å². The molecule has 0 unspecified atom stereocenters. The molecule has 0 radical (unpaired) electrons. The number of rotatable bonds is 2. The topological polar surface area (TPSA) is 33.5 Å². The minimum Gasteiger partial charge on any atom is -0.318 e. The number of amides is 1. The maximum Gasteiger partial charge on any atom is 0.276 e. The Kier molecular flexibility index (Phi) is 4.77. The van der Waals surface area contributed by atoms with E-state index in [1.807, 2.05) is 0 Å². The molecule has 0 spiro atoms. The molecule has 1 fully saturated rings. The number of carbonyl (C=O) groups is 1. The standard InChI is InChI=1S/C8H13Cl3N2O/c9-8(10,11)7(14)12-6-13-4-2-1-3-5-13/h1-6H2,(H,12,14)/p+1. The highest BCUT2D eigenvalue weighted by Crippen LogP contribution is 2.25. The molecule has 0 aromatic heterocycles. The third-order valence-electron chi connectivity index (χ3n) is 2.32. The molecule has 1 heterocycles. The van der Waals surface area contributed by atoms with Crippen LogP contribution in [0.4, 0.5) is 0 Å². The molecule has 82 valence electrons. The third-order valence-corrected chi connectivity index (χ3v) is 2.83. The first-order valence-electron chi connectivity index (χ1n) is 4.69. The van der Waals surface area contributed by atoms with Crippen LogP contribution in [-0.4, -0.2) is 29.5 Å². The smallest absolute Gasteiger partial charge is 0.276 e. The molecule has 3 nitrogen and oxygen atoms in total. The molecular weight excluding hydrogens is 246 g/mol. The molecule has 1 amide bonds. The van der Waals surface area contributed by atoms with E-state index in [2.05, 4.69) is 5.32 Å². The van der Waals surface area contributed by atoms with E-state index < -0.39 is 9.70 Å². The van der Waals surface area contributed by atoms with Crippen molar-refractivity contribution in [3.8, 4) is 0 Å². The van der Waals surface area contributed by atoms with Gasteiger partial charge in [-0.25, -0.2) is 0 Å². The van der Waals surface area contributed by atoms with Crippen LogP contribution in [0.2, 0.25) is 0 Å². The fourth-order valence-electron chi connectivity index (χ4n) is 1.53. The van der Waals surface area contributed by atoms with E-state index in [1.165, 1.54) is 24.2 Å².